The van der Waals surface area contributed by atoms with Gasteiger partial charge in [-0.15, -0.1) is 10.2 Å². The number of nitrogens with zero attached hydrogens (tertiary/aromatic N) is 5. The summed E-state index contributed by atoms with van der Waals surface area (Å²) < 4.78 is 1.63. The summed E-state index contributed by atoms with van der Waals surface area (Å²) in [5.74, 6) is 1.24. The number of anilines is 2. The van der Waals surface area contributed by atoms with Gasteiger partial charge in [0.15, 0.2) is 5.65 Å². The van der Waals surface area contributed by atoms with Crippen molar-refractivity contribution in [3.63, 3.8) is 0 Å². The molecule has 0 aromatic carbocycles. The number of hydrogen-bond acceptors (Lipinski definition) is 6. The summed E-state index contributed by atoms with van der Waals surface area (Å²) in [6, 6.07) is 1.99. The molecule has 1 saturated heterocycles. The number of hydrogen-bond donors (Lipinski definition) is 2. The van der Waals surface area contributed by atoms with Crippen molar-refractivity contribution in [1.82, 2.24) is 24.5 Å². The SMILES string of the molecule is CC(C)C(=O)N1CCCC(Nc2cc3nncn3c(N)n2)C1. The van der Waals surface area contributed by atoms with E-state index in [9.17, 15) is 4.79 Å². The van der Waals surface area contributed by atoms with Gasteiger partial charge in [0, 0.05) is 31.1 Å². The van der Waals surface area contributed by atoms with Crippen LogP contribution in [0.2, 0.25) is 0 Å². The quantitative estimate of drug-likeness (QED) is 0.868. The van der Waals surface area contributed by atoms with Crippen molar-refractivity contribution in [1.29, 1.82) is 0 Å². The fourth-order valence-electron chi connectivity index (χ4n) is 2.79. The van der Waals surface area contributed by atoms with Crippen LogP contribution in [0.25, 0.3) is 5.65 Å². The molecule has 0 spiro atoms. The number of piperidine rings is 1. The maximum atomic E-state index is 12.1. The molecule has 2 aromatic rings. The third kappa shape index (κ3) is 2.81. The summed E-state index contributed by atoms with van der Waals surface area (Å²) in [4.78, 5) is 18.4. The number of aromatic nitrogens is 4. The number of amides is 1. The average molecular weight is 303 g/mol. The van der Waals surface area contributed by atoms with Gasteiger partial charge < -0.3 is 16.0 Å². The molecule has 0 saturated carbocycles. The maximum absolute atomic E-state index is 12.1. The number of likely N-dealkylation sites (tertiary alicyclic amines) is 1. The van der Waals surface area contributed by atoms with Gasteiger partial charge in [0.25, 0.3) is 0 Å². The first kappa shape index (κ1) is 14.6. The summed E-state index contributed by atoms with van der Waals surface area (Å²) >= 11 is 0. The van der Waals surface area contributed by atoms with Gasteiger partial charge in [0.2, 0.25) is 11.9 Å². The minimum Gasteiger partial charge on any atom is -0.369 e. The van der Waals surface area contributed by atoms with Crippen molar-refractivity contribution >= 4 is 23.3 Å². The van der Waals surface area contributed by atoms with Crippen LogP contribution in [-0.4, -0.2) is 49.5 Å². The molecule has 1 unspecified atom stereocenters. The van der Waals surface area contributed by atoms with Crippen LogP contribution in [-0.2, 0) is 4.79 Å². The molecule has 3 heterocycles. The van der Waals surface area contributed by atoms with E-state index in [1.807, 2.05) is 24.8 Å². The second kappa shape index (κ2) is 5.78. The van der Waals surface area contributed by atoms with Crippen LogP contribution in [0.1, 0.15) is 26.7 Å². The fraction of sp³-hybridized carbons (Fsp3) is 0.571. The summed E-state index contributed by atoms with van der Waals surface area (Å²) in [6.07, 6.45) is 3.52. The van der Waals surface area contributed by atoms with Gasteiger partial charge in [-0.1, -0.05) is 13.8 Å². The van der Waals surface area contributed by atoms with E-state index in [-0.39, 0.29) is 17.9 Å². The number of nitrogens with one attached hydrogen (secondary N) is 1. The van der Waals surface area contributed by atoms with Crippen LogP contribution >= 0.6 is 0 Å². The first-order valence-corrected chi connectivity index (χ1v) is 7.56. The molecule has 0 aliphatic carbocycles. The van der Waals surface area contributed by atoms with E-state index in [2.05, 4.69) is 20.5 Å². The average Bonchev–Trinajstić information content (AvgIpc) is 2.95. The molecule has 1 amide bonds. The standard InChI is InChI=1S/C14H21N7O/c1-9(2)13(22)20-5-3-4-10(7-20)17-11-6-12-19-16-8-21(12)14(15)18-11/h6,8-10,17H,3-5,7H2,1-2H3,(H2,15,18). The van der Waals surface area contributed by atoms with Crippen LogP contribution in [0.15, 0.2) is 12.4 Å². The minimum atomic E-state index is 0.0277. The zero-order valence-electron chi connectivity index (χ0n) is 12.9. The second-order valence-electron chi connectivity index (χ2n) is 5.98. The third-order valence-corrected chi connectivity index (χ3v) is 3.90. The lowest BCUT2D eigenvalue weighted by Gasteiger charge is -2.34. The predicted octanol–water partition coefficient (Wildman–Crippen LogP) is 0.765. The minimum absolute atomic E-state index is 0.0277. The van der Waals surface area contributed by atoms with Crippen LogP contribution in [0.3, 0.4) is 0 Å². The van der Waals surface area contributed by atoms with Gasteiger partial charge in [-0.2, -0.15) is 4.98 Å². The van der Waals surface area contributed by atoms with Gasteiger partial charge in [-0.3, -0.25) is 9.20 Å². The predicted molar refractivity (Wildman–Crippen MR) is 83.3 cm³/mol. The molecular weight excluding hydrogens is 282 g/mol. The Morgan fingerprint density at radius 3 is 3.09 bits per heavy atom. The molecule has 2 aromatic heterocycles. The summed E-state index contributed by atoms with van der Waals surface area (Å²) in [5.41, 5.74) is 6.54. The molecule has 1 atom stereocenters. The molecule has 0 radical (unpaired) electrons. The van der Waals surface area contributed by atoms with Crippen molar-refractivity contribution in [3.8, 4) is 0 Å². The number of nitrogen functional groups attached to an aromatic ring is 1. The normalized spacial score (nSPS) is 18.9. The van der Waals surface area contributed by atoms with Gasteiger partial charge in [-0.05, 0) is 12.8 Å². The monoisotopic (exact) mass is 303 g/mol. The van der Waals surface area contributed by atoms with Gasteiger partial charge in [0.05, 0.1) is 0 Å². The Balaban J connectivity index is 1.72. The van der Waals surface area contributed by atoms with Crippen LogP contribution in [0.5, 0.6) is 0 Å². The van der Waals surface area contributed by atoms with Crippen LogP contribution in [0.4, 0.5) is 11.8 Å². The lowest BCUT2D eigenvalue weighted by atomic mass is 10.0. The summed E-state index contributed by atoms with van der Waals surface area (Å²) in [6.45, 7) is 5.38. The van der Waals surface area contributed by atoms with E-state index >= 15 is 0 Å². The van der Waals surface area contributed by atoms with E-state index in [0.717, 1.165) is 19.4 Å². The van der Waals surface area contributed by atoms with Crippen molar-refractivity contribution in [2.45, 2.75) is 32.7 Å². The molecule has 1 fully saturated rings. The number of nitrogens with two attached hydrogens (primary N) is 1. The molecule has 8 heteroatoms. The Morgan fingerprint density at radius 2 is 2.32 bits per heavy atom. The number of rotatable bonds is 3. The first-order valence-electron chi connectivity index (χ1n) is 7.56. The highest BCUT2D eigenvalue weighted by Gasteiger charge is 2.25. The van der Waals surface area contributed by atoms with Crippen LogP contribution in [0, 0.1) is 5.92 Å². The lowest BCUT2D eigenvalue weighted by Crippen LogP contribution is -2.46. The molecule has 118 valence electrons. The third-order valence-electron chi connectivity index (χ3n) is 3.90. The molecule has 8 nitrogen and oxygen atoms in total. The van der Waals surface area contributed by atoms with E-state index in [0.29, 0.717) is 24.0 Å². The smallest absolute Gasteiger partial charge is 0.225 e. The van der Waals surface area contributed by atoms with Gasteiger partial charge in [0.1, 0.15) is 12.1 Å². The van der Waals surface area contributed by atoms with Gasteiger partial charge >= 0.3 is 0 Å². The maximum Gasteiger partial charge on any atom is 0.225 e. The molecular formula is C14H21N7O. The highest BCUT2D eigenvalue weighted by Crippen LogP contribution is 2.18. The molecule has 0 bridgehead atoms. The summed E-state index contributed by atoms with van der Waals surface area (Å²) in [7, 11) is 0. The Labute approximate surface area is 128 Å². The zero-order valence-corrected chi connectivity index (χ0v) is 12.9. The first-order chi connectivity index (χ1) is 10.5. The van der Waals surface area contributed by atoms with E-state index in [1.165, 1.54) is 6.33 Å². The topological polar surface area (TPSA) is 101 Å². The van der Waals surface area contributed by atoms with E-state index in [4.69, 9.17) is 5.73 Å². The molecule has 1 aliphatic heterocycles. The molecule has 3 rings (SSSR count). The number of carbonyl (C=O) groups excluding carboxylic acids is 1. The van der Waals surface area contributed by atoms with Crippen molar-refractivity contribution in [3.05, 3.63) is 12.4 Å². The van der Waals surface area contributed by atoms with Gasteiger partial charge in [-0.25, -0.2) is 0 Å². The molecule has 1 aliphatic rings. The lowest BCUT2D eigenvalue weighted by molar-refractivity contribution is -0.135. The Kier molecular flexibility index (Phi) is 3.82. The largest absolute Gasteiger partial charge is 0.369 e. The van der Waals surface area contributed by atoms with Crippen LogP contribution < -0.4 is 11.1 Å². The zero-order chi connectivity index (χ0) is 15.7. The Hall–Kier alpha value is -2.38. The number of fused-ring (bicyclic) bond motifs is 1. The van der Waals surface area contributed by atoms with E-state index < -0.39 is 0 Å². The Bertz CT molecular complexity index is 681. The van der Waals surface area contributed by atoms with Crippen molar-refractivity contribution in [2.75, 3.05) is 24.1 Å². The fourth-order valence-corrected chi connectivity index (χ4v) is 2.79. The second-order valence-corrected chi connectivity index (χ2v) is 5.98. The van der Waals surface area contributed by atoms with E-state index in [1.54, 1.807) is 4.40 Å². The van der Waals surface area contributed by atoms with Crippen molar-refractivity contribution < 1.29 is 4.79 Å². The molecule has 3 N–H and O–H groups in total. The summed E-state index contributed by atoms with van der Waals surface area (Å²) in [5, 5.41) is 11.2. The Morgan fingerprint density at radius 1 is 1.50 bits per heavy atom. The van der Waals surface area contributed by atoms with Crippen molar-refractivity contribution in [2.24, 2.45) is 5.92 Å². The highest BCUT2D eigenvalue weighted by atomic mass is 16.2. The highest BCUT2D eigenvalue weighted by molar-refractivity contribution is 5.78. The molecule has 22 heavy (non-hydrogen) atoms. The number of carbonyl (C=O) groups is 1.